The number of rotatable bonds is 6. The second kappa shape index (κ2) is 9.79. The van der Waals surface area contributed by atoms with Crippen LogP contribution in [-0.4, -0.2) is 45.8 Å². The normalized spacial score (nSPS) is 17.1. The van der Waals surface area contributed by atoms with Gasteiger partial charge in [-0.05, 0) is 43.0 Å². The number of H-pyrrole nitrogens is 1. The van der Waals surface area contributed by atoms with Gasteiger partial charge >= 0.3 is 15.5 Å². The molecule has 1 aliphatic heterocycles. The number of aryl methyl sites for hydroxylation is 2. The average Bonchev–Trinajstić information content (AvgIpc) is 3.15. The summed E-state index contributed by atoms with van der Waals surface area (Å²) in [5.74, 6) is 0.753. The largest absolute Gasteiger partial charge is 0.511 e. The number of nitrogens with zero attached hydrogens (tertiary/aromatic N) is 4. The summed E-state index contributed by atoms with van der Waals surface area (Å²) < 4.78 is 66.6. The van der Waals surface area contributed by atoms with Crippen LogP contribution in [0.15, 0.2) is 66.9 Å². The van der Waals surface area contributed by atoms with Crippen molar-refractivity contribution >= 4 is 26.7 Å². The molecule has 0 saturated carbocycles. The lowest BCUT2D eigenvalue weighted by Crippen LogP contribution is -2.47. The molecule has 3 heterocycles. The molecule has 0 amide bonds. The van der Waals surface area contributed by atoms with Gasteiger partial charge in [0.05, 0.1) is 24.0 Å². The van der Waals surface area contributed by atoms with E-state index in [1.165, 1.54) is 0 Å². The number of aromatic amines is 1. The molecule has 2 aromatic carbocycles. The number of imidazole rings is 1. The maximum atomic E-state index is 13.6. The number of anilines is 1. The summed E-state index contributed by atoms with van der Waals surface area (Å²) in [5.41, 5.74) is -0.917. The van der Waals surface area contributed by atoms with Gasteiger partial charge in [0.15, 0.2) is 0 Å². The summed E-state index contributed by atoms with van der Waals surface area (Å²) in [6, 6.07) is 18.0. The molecule has 1 aliphatic rings. The third kappa shape index (κ3) is 5.19. The molecular formula is C26H26F3N5O2S. The van der Waals surface area contributed by atoms with Gasteiger partial charge < -0.3 is 9.88 Å². The molecule has 0 fully saturated rings. The van der Waals surface area contributed by atoms with E-state index in [0.29, 0.717) is 40.6 Å². The molecular weight excluding hydrogens is 503 g/mol. The Morgan fingerprint density at radius 3 is 2.57 bits per heavy atom. The zero-order chi connectivity index (χ0) is 26.2. The van der Waals surface area contributed by atoms with Gasteiger partial charge in [0.1, 0.15) is 11.3 Å². The second-order valence-corrected chi connectivity index (χ2v) is 11.1. The smallest absolute Gasteiger partial charge is 0.361 e. The quantitative estimate of drug-likeness (QED) is 0.383. The molecule has 5 rings (SSSR count). The molecule has 37 heavy (non-hydrogen) atoms. The molecule has 0 radical (unpaired) electrons. The summed E-state index contributed by atoms with van der Waals surface area (Å²) in [5, 5.41) is 0. The van der Waals surface area contributed by atoms with E-state index in [0.717, 1.165) is 22.4 Å². The molecule has 0 aliphatic carbocycles. The van der Waals surface area contributed by atoms with Gasteiger partial charge in [0, 0.05) is 24.8 Å². The van der Waals surface area contributed by atoms with Crippen LogP contribution in [0.2, 0.25) is 0 Å². The molecule has 4 aromatic rings. The minimum Gasteiger partial charge on any atom is -0.361 e. The third-order valence-corrected chi connectivity index (χ3v) is 8.16. The van der Waals surface area contributed by atoms with E-state index in [4.69, 9.17) is 0 Å². The highest BCUT2D eigenvalue weighted by Crippen LogP contribution is 2.35. The highest BCUT2D eigenvalue weighted by molar-refractivity contribution is 7.89. The van der Waals surface area contributed by atoms with Crippen molar-refractivity contribution in [2.24, 2.45) is 0 Å². The number of para-hydroxylation sites is 1. The SMILES string of the molecule is Cc1nc2cnc(CN3c4ccccc4CN(S(=O)(=O)C(F)(F)F)C[C@@H]3CCc3ccccc3)cc2[nH]1. The van der Waals surface area contributed by atoms with Gasteiger partial charge in [0.2, 0.25) is 0 Å². The van der Waals surface area contributed by atoms with Crippen molar-refractivity contribution in [1.29, 1.82) is 0 Å². The predicted octanol–water partition coefficient (Wildman–Crippen LogP) is 4.94. The Morgan fingerprint density at radius 1 is 1.08 bits per heavy atom. The Labute approximate surface area is 213 Å². The molecule has 11 heteroatoms. The fourth-order valence-corrected chi connectivity index (χ4v) is 5.79. The van der Waals surface area contributed by atoms with Crippen molar-refractivity contribution < 1.29 is 21.6 Å². The topological polar surface area (TPSA) is 82.2 Å². The van der Waals surface area contributed by atoms with Crippen LogP contribution in [0.4, 0.5) is 18.9 Å². The van der Waals surface area contributed by atoms with Crippen molar-refractivity contribution in [2.75, 3.05) is 11.4 Å². The van der Waals surface area contributed by atoms with E-state index in [2.05, 4.69) is 15.0 Å². The molecule has 0 spiro atoms. The molecule has 0 unspecified atom stereocenters. The number of hydrogen-bond acceptors (Lipinski definition) is 5. The Morgan fingerprint density at radius 2 is 1.81 bits per heavy atom. The predicted molar refractivity (Wildman–Crippen MR) is 135 cm³/mol. The van der Waals surface area contributed by atoms with Gasteiger partial charge in [-0.3, -0.25) is 4.98 Å². The highest BCUT2D eigenvalue weighted by Gasteiger charge is 2.51. The summed E-state index contributed by atoms with van der Waals surface area (Å²) in [7, 11) is -5.53. The van der Waals surface area contributed by atoms with E-state index in [1.54, 1.807) is 18.3 Å². The molecule has 194 valence electrons. The van der Waals surface area contributed by atoms with Crippen LogP contribution < -0.4 is 4.90 Å². The van der Waals surface area contributed by atoms with Crippen LogP contribution in [0.3, 0.4) is 0 Å². The van der Waals surface area contributed by atoms with Gasteiger partial charge in [-0.2, -0.15) is 17.5 Å². The molecule has 0 saturated heterocycles. The number of benzene rings is 2. The number of pyridine rings is 1. The molecule has 1 N–H and O–H groups in total. The first-order valence-electron chi connectivity index (χ1n) is 11.9. The van der Waals surface area contributed by atoms with E-state index in [1.807, 2.05) is 60.4 Å². The zero-order valence-electron chi connectivity index (χ0n) is 20.1. The molecule has 0 bridgehead atoms. The Kier molecular flexibility index (Phi) is 6.67. The Balaban J connectivity index is 1.55. The number of alkyl halides is 3. The van der Waals surface area contributed by atoms with Crippen molar-refractivity contribution in [3.63, 3.8) is 0 Å². The van der Waals surface area contributed by atoms with E-state index in [-0.39, 0.29) is 13.1 Å². The third-order valence-electron chi connectivity index (χ3n) is 6.62. The first-order valence-corrected chi connectivity index (χ1v) is 13.3. The number of nitrogens with one attached hydrogen (secondary N) is 1. The van der Waals surface area contributed by atoms with Crippen LogP contribution in [-0.2, 0) is 29.5 Å². The molecule has 2 aromatic heterocycles. The number of fused-ring (bicyclic) bond motifs is 2. The number of halogens is 3. The monoisotopic (exact) mass is 529 g/mol. The fraction of sp³-hybridized carbons (Fsp3) is 0.308. The first-order chi connectivity index (χ1) is 17.6. The van der Waals surface area contributed by atoms with Crippen LogP contribution in [0.25, 0.3) is 11.0 Å². The van der Waals surface area contributed by atoms with E-state index >= 15 is 0 Å². The lowest BCUT2D eigenvalue weighted by molar-refractivity contribution is -0.0492. The molecule has 7 nitrogen and oxygen atoms in total. The van der Waals surface area contributed by atoms with Crippen molar-refractivity contribution in [1.82, 2.24) is 19.3 Å². The van der Waals surface area contributed by atoms with Crippen LogP contribution >= 0.6 is 0 Å². The maximum absolute atomic E-state index is 13.6. The van der Waals surface area contributed by atoms with E-state index in [9.17, 15) is 21.6 Å². The van der Waals surface area contributed by atoms with Gasteiger partial charge in [-0.1, -0.05) is 48.5 Å². The minimum atomic E-state index is -5.53. The Hall–Kier alpha value is -3.44. The minimum absolute atomic E-state index is 0.296. The second-order valence-electron chi connectivity index (χ2n) is 9.19. The van der Waals surface area contributed by atoms with Gasteiger partial charge in [-0.25, -0.2) is 13.4 Å². The standard InChI is InChI=1S/C26H26F3N5O2S/c1-18-31-23-13-21(30-14-24(23)32-18)16-34-22(12-11-19-7-3-2-4-8-19)17-33(37(35,36)26(27,28)29)15-20-9-5-6-10-25(20)34/h2-10,13-14,22H,11-12,15-17H2,1H3,(H,31,32)/t22-/m0/s1. The zero-order valence-corrected chi connectivity index (χ0v) is 20.9. The maximum Gasteiger partial charge on any atom is 0.511 e. The number of hydrogen-bond donors (Lipinski definition) is 1. The summed E-state index contributed by atoms with van der Waals surface area (Å²) >= 11 is 0. The van der Waals surface area contributed by atoms with Crippen molar-refractivity contribution in [3.8, 4) is 0 Å². The van der Waals surface area contributed by atoms with Crippen LogP contribution in [0, 0.1) is 6.92 Å². The summed E-state index contributed by atoms with van der Waals surface area (Å²) in [6.45, 7) is 1.49. The van der Waals surface area contributed by atoms with Crippen LogP contribution in [0.5, 0.6) is 0 Å². The first kappa shape index (κ1) is 25.2. The fourth-order valence-electron chi connectivity index (χ4n) is 4.82. The van der Waals surface area contributed by atoms with E-state index < -0.39 is 21.6 Å². The van der Waals surface area contributed by atoms with Crippen molar-refractivity contribution in [2.45, 2.75) is 44.4 Å². The number of sulfonamides is 1. The number of aromatic nitrogens is 3. The van der Waals surface area contributed by atoms with Gasteiger partial charge in [-0.15, -0.1) is 0 Å². The lowest BCUT2D eigenvalue weighted by Gasteiger charge is -2.34. The Bertz CT molecular complexity index is 1510. The summed E-state index contributed by atoms with van der Waals surface area (Å²) in [6.07, 6.45) is 2.70. The summed E-state index contributed by atoms with van der Waals surface area (Å²) in [4.78, 5) is 14.1. The lowest BCUT2D eigenvalue weighted by atomic mass is 10.0. The van der Waals surface area contributed by atoms with Gasteiger partial charge in [0.25, 0.3) is 0 Å². The van der Waals surface area contributed by atoms with Crippen LogP contribution in [0.1, 0.15) is 29.1 Å². The average molecular weight is 530 g/mol. The van der Waals surface area contributed by atoms with Crippen molar-refractivity contribution in [3.05, 3.63) is 89.5 Å². The highest BCUT2D eigenvalue weighted by atomic mass is 32.2. The molecule has 1 atom stereocenters.